The highest BCUT2D eigenvalue weighted by Gasteiger charge is 2.18. The van der Waals surface area contributed by atoms with Crippen LogP contribution in [-0.2, 0) is 0 Å². The first-order chi connectivity index (χ1) is 18.1. The molecule has 0 spiro atoms. The van der Waals surface area contributed by atoms with Crippen molar-refractivity contribution in [2.75, 3.05) is 19.5 Å². The highest BCUT2D eigenvalue weighted by atomic mass is 16.5. The van der Waals surface area contributed by atoms with Gasteiger partial charge in [0.1, 0.15) is 17.0 Å². The van der Waals surface area contributed by atoms with Gasteiger partial charge in [0, 0.05) is 11.3 Å². The molecule has 4 aromatic carbocycles. The molecule has 182 valence electrons. The lowest BCUT2D eigenvalue weighted by molar-refractivity contribution is 0.102. The lowest BCUT2D eigenvalue weighted by Crippen LogP contribution is -2.13. The smallest absolute Gasteiger partial charge is 0.259 e. The molecule has 0 aliphatic rings. The zero-order valence-corrected chi connectivity index (χ0v) is 20.1. The van der Waals surface area contributed by atoms with Crippen molar-refractivity contribution in [3.8, 4) is 34.2 Å². The molecule has 2 heterocycles. The van der Waals surface area contributed by atoms with Crippen molar-refractivity contribution in [2.45, 2.75) is 0 Å². The molecule has 0 radical (unpaired) electrons. The first-order valence-corrected chi connectivity index (χ1v) is 11.6. The van der Waals surface area contributed by atoms with Crippen molar-refractivity contribution < 1.29 is 18.7 Å². The summed E-state index contributed by atoms with van der Waals surface area (Å²) in [6.45, 7) is 0. The molecule has 0 aliphatic carbocycles. The number of oxazole rings is 1. The van der Waals surface area contributed by atoms with Crippen molar-refractivity contribution in [1.29, 1.82) is 0 Å². The molecule has 0 saturated heterocycles. The van der Waals surface area contributed by atoms with E-state index in [9.17, 15) is 4.79 Å². The Kier molecular flexibility index (Phi) is 5.54. The van der Waals surface area contributed by atoms with E-state index in [1.165, 1.54) is 7.11 Å². The van der Waals surface area contributed by atoms with Crippen LogP contribution in [0.25, 0.3) is 44.6 Å². The highest BCUT2D eigenvalue weighted by molar-refractivity contribution is 6.06. The number of hydrogen-bond acceptors (Lipinski definition) is 6. The fourth-order valence-corrected chi connectivity index (χ4v) is 4.34. The van der Waals surface area contributed by atoms with Crippen LogP contribution in [0.1, 0.15) is 10.4 Å². The number of H-pyrrole nitrogens is 1. The van der Waals surface area contributed by atoms with Crippen molar-refractivity contribution in [3.63, 3.8) is 0 Å². The number of hydrogen-bond donors (Lipinski definition) is 2. The fraction of sp³-hybridized carbons (Fsp3) is 0.0690. The Morgan fingerprint density at radius 2 is 1.76 bits per heavy atom. The van der Waals surface area contributed by atoms with Gasteiger partial charge in [0.25, 0.3) is 5.91 Å². The van der Waals surface area contributed by atoms with E-state index in [4.69, 9.17) is 18.9 Å². The normalized spacial score (nSPS) is 11.1. The summed E-state index contributed by atoms with van der Waals surface area (Å²) in [5.74, 6) is 1.16. The van der Waals surface area contributed by atoms with Gasteiger partial charge in [-0.1, -0.05) is 36.4 Å². The fourth-order valence-electron chi connectivity index (χ4n) is 4.34. The molecule has 1 amide bonds. The Bertz CT molecular complexity index is 1720. The largest absolute Gasteiger partial charge is 0.497 e. The van der Waals surface area contributed by atoms with E-state index in [-0.39, 0.29) is 5.91 Å². The van der Waals surface area contributed by atoms with Crippen LogP contribution in [0.15, 0.2) is 89.5 Å². The highest BCUT2D eigenvalue weighted by Crippen LogP contribution is 2.34. The summed E-state index contributed by atoms with van der Waals surface area (Å²) in [7, 11) is 3.07. The van der Waals surface area contributed by atoms with Crippen LogP contribution in [0.4, 0.5) is 5.69 Å². The Balaban J connectivity index is 1.33. The second-order valence-electron chi connectivity index (χ2n) is 8.45. The minimum absolute atomic E-state index is 0.316. The predicted octanol–water partition coefficient (Wildman–Crippen LogP) is 6.31. The molecule has 0 saturated carbocycles. The van der Waals surface area contributed by atoms with Gasteiger partial charge < -0.3 is 19.2 Å². The monoisotopic (exact) mass is 490 g/mol. The number of carbonyl (C=O) groups excluding carboxylic acids is 1. The quantitative estimate of drug-likeness (QED) is 0.284. The van der Waals surface area contributed by atoms with Crippen LogP contribution in [0, 0.1) is 0 Å². The molecule has 37 heavy (non-hydrogen) atoms. The standard InChI is InChI=1S/C29H22N4O4/c1-35-21-10-11-25(36-2)22(15-21)28(34)31-20-9-5-8-19(12-20)27-23(16-30-33-27)29-32-24-13-17-6-3-4-7-18(17)14-26(24)37-29/h3-16H,1-2H3,(H,30,33)(H,31,34). The summed E-state index contributed by atoms with van der Waals surface area (Å²) < 4.78 is 16.7. The van der Waals surface area contributed by atoms with Crippen LogP contribution >= 0.6 is 0 Å². The zero-order chi connectivity index (χ0) is 25.4. The summed E-state index contributed by atoms with van der Waals surface area (Å²) in [5, 5.41) is 12.4. The van der Waals surface area contributed by atoms with Gasteiger partial charge >= 0.3 is 0 Å². The molecule has 2 N–H and O–H groups in total. The van der Waals surface area contributed by atoms with Crippen LogP contribution in [0.2, 0.25) is 0 Å². The van der Waals surface area contributed by atoms with Gasteiger partial charge in [-0.15, -0.1) is 0 Å². The summed E-state index contributed by atoms with van der Waals surface area (Å²) >= 11 is 0. The first-order valence-electron chi connectivity index (χ1n) is 11.6. The van der Waals surface area contributed by atoms with E-state index in [0.29, 0.717) is 34.2 Å². The van der Waals surface area contributed by atoms with Gasteiger partial charge in [0.2, 0.25) is 5.89 Å². The van der Waals surface area contributed by atoms with Crippen LogP contribution in [0.3, 0.4) is 0 Å². The van der Waals surface area contributed by atoms with Crippen molar-refractivity contribution >= 4 is 33.5 Å². The lowest BCUT2D eigenvalue weighted by Gasteiger charge is -2.11. The number of benzene rings is 4. The lowest BCUT2D eigenvalue weighted by atomic mass is 10.1. The minimum atomic E-state index is -0.316. The molecule has 8 heteroatoms. The van der Waals surface area contributed by atoms with E-state index in [0.717, 1.165) is 33.1 Å². The van der Waals surface area contributed by atoms with Gasteiger partial charge in [-0.25, -0.2) is 4.98 Å². The van der Waals surface area contributed by atoms with E-state index in [2.05, 4.69) is 15.5 Å². The number of aromatic amines is 1. The molecule has 8 nitrogen and oxygen atoms in total. The van der Waals surface area contributed by atoms with E-state index in [1.807, 2.05) is 60.7 Å². The summed E-state index contributed by atoms with van der Waals surface area (Å²) in [6, 6.07) is 24.6. The Morgan fingerprint density at radius 1 is 0.919 bits per heavy atom. The van der Waals surface area contributed by atoms with E-state index < -0.39 is 0 Å². The molecule has 0 unspecified atom stereocenters. The van der Waals surface area contributed by atoms with Crippen molar-refractivity contribution in [2.24, 2.45) is 0 Å². The molecule has 0 fully saturated rings. The van der Waals surface area contributed by atoms with Crippen molar-refractivity contribution in [3.05, 3.63) is 90.6 Å². The number of rotatable bonds is 6. The summed E-state index contributed by atoms with van der Waals surface area (Å²) in [5.41, 5.74) is 4.72. The van der Waals surface area contributed by atoms with E-state index >= 15 is 0 Å². The Labute approximate surface area is 211 Å². The molecule has 2 aromatic heterocycles. The van der Waals surface area contributed by atoms with Gasteiger partial charge in [-0.05, 0) is 53.2 Å². The first kappa shape index (κ1) is 22.4. The molecule has 0 bridgehead atoms. The maximum absolute atomic E-state index is 13.1. The molecule has 6 aromatic rings. The predicted molar refractivity (Wildman–Crippen MR) is 142 cm³/mol. The number of nitrogens with zero attached hydrogens (tertiary/aromatic N) is 2. The molecule has 0 aliphatic heterocycles. The molecule has 6 rings (SSSR count). The van der Waals surface area contributed by atoms with Crippen LogP contribution in [-0.4, -0.2) is 35.3 Å². The summed E-state index contributed by atoms with van der Waals surface area (Å²) in [6.07, 6.45) is 1.69. The average Bonchev–Trinajstić information content (AvgIpc) is 3.58. The number of fused-ring (bicyclic) bond motifs is 2. The van der Waals surface area contributed by atoms with Gasteiger partial charge in [0.15, 0.2) is 5.58 Å². The van der Waals surface area contributed by atoms with Crippen molar-refractivity contribution in [1.82, 2.24) is 15.2 Å². The van der Waals surface area contributed by atoms with Gasteiger partial charge in [-0.2, -0.15) is 5.10 Å². The topological polar surface area (TPSA) is 102 Å². The number of amides is 1. The Hall–Kier alpha value is -5.11. The maximum atomic E-state index is 13.1. The van der Waals surface area contributed by atoms with E-state index in [1.54, 1.807) is 31.5 Å². The third-order valence-corrected chi connectivity index (χ3v) is 6.19. The van der Waals surface area contributed by atoms with Crippen LogP contribution < -0.4 is 14.8 Å². The SMILES string of the molecule is COc1ccc(OC)c(C(=O)Nc2cccc(-c3[nH]ncc3-c3nc4cc5ccccc5cc4o3)c2)c1. The van der Waals surface area contributed by atoms with Crippen LogP contribution in [0.5, 0.6) is 11.5 Å². The second kappa shape index (κ2) is 9.16. The second-order valence-corrected chi connectivity index (χ2v) is 8.45. The number of methoxy groups -OCH3 is 2. The number of carbonyl (C=O) groups is 1. The number of ether oxygens (including phenoxy) is 2. The Morgan fingerprint density at radius 3 is 2.57 bits per heavy atom. The third kappa shape index (κ3) is 4.14. The van der Waals surface area contributed by atoms with Gasteiger partial charge in [-0.3, -0.25) is 9.89 Å². The maximum Gasteiger partial charge on any atom is 0.259 e. The molecule has 0 atom stereocenters. The van der Waals surface area contributed by atoms with Gasteiger partial charge in [0.05, 0.1) is 37.2 Å². The molecular weight excluding hydrogens is 468 g/mol. The molecular formula is C29H22N4O4. The average molecular weight is 491 g/mol. The summed E-state index contributed by atoms with van der Waals surface area (Å²) in [4.78, 5) is 17.8. The zero-order valence-electron chi connectivity index (χ0n) is 20.1. The number of anilines is 1. The third-order valence-electron chi connectivity index (χ3n) is 6.19. The minimum Gasteiger partial charge on any atom is -0.497 e. The number of nitrogens with one attached hydrogen (secondary N) is 2. The number of aromatic nitrogens is 3.